The highest BCUT2D eigenvalue weighted by Gasteiger charge is 2.14. The second-order valence-corrected chi connectivity index (χ2v) is 5.03. The van der Waals surface area contributed by atoms with Crippen LogP contribution in [0.2, 0.25) is 0 Å². The zero-order valence-electron chi connectivity index (χ0n) is 11.1. The summed E-state index contributed by atoms with van der Waals surface area (Å²) in [6.45, 7) is 3.57. The molecule has 0 aliphatic rings. The summed E-state index contributed by atoms with van der Waals surface area (Å²) in [5.41, 5.74) is -0.525. The average Bonchev–Trinajstić information content (AvgIpc) is 2.33. The van der Waals surface area contributed by atoms with Crippen molar-refractivity contribution in [3.63, 3.8) is 0 Å². The van der Waals surface area contributed by atoms with E-state index in [0.717, 1.165) is 19.3 Å². The molecule has 18 heavy (non-hydrogen) atoms. The molecule has 0 fully saturated rings. The second kappa shape index (κ2) is 7.14. The van der Waals surface area contributed by atoms with Gasteiger partial charge in [-0.3, -0.25) is 0 Å². The van der Waals surface area contributed by atoms with Crippen LogP contribution in [-0.2, 0) is 4.74 Å². The molecule has 1 aromatic rings. The number of ether oxygens (including phenoxy) is 1. The Bertz CT molecular complexity index is 355. The van der Waals surface area contributed by atoms with E-state index in [1.807, 2.05) is 6.07 Å². The molecule has 0 spiro atoms. The van der Waals surface area contributed by atoms with Crippen molar-refractivity contribution < 1.29 is 13.9 Å². The maximum absolute atomic E-state index is 13.2. The summed E-state index contributed by atoms with van der Waals surface area (Å²) in [5, 5.41) is 0. The number of hydrogen-bond acceptors (Lipinski definition) is 2. The maximum Gasteiger partial charge on any atom is 0.338 e. The molecule has 1 aromatic carbocycles. The summed E-state index contributed by atoms with van der Waals surface area (Å²) in [4.78, 5) is 11.6. The molecule has 2 nitrogen and oxygen atoms in total. The largest absolute Gasteiger partial charge is 0.462 e. The summed E-state index contributed by atoms with van der Waals surface area (Å²) in [7, 11) is 0. The predicted octanol–water partition coefficient (Wildman–Crippen LogP) is 4.15. The highest BCUT2D eigenvalue weighted by Crippen LogP contribution is 2.17. The minimum Gasteiger partial charge on any atom is -0.462 e. The van der Waals surface area contributed by atoms with Crippen LogP contribution in [0.1, 0.15) is 49.9 Å². The maximum atomic E-state index is 13.2. The highest BCUT2D eigenvalue weighted by molar-refractivity contribution is 5.89. The van der Waals surface area contributed by atoms with Crippen molar-refractivity contribution in [2.24, 2.45) is 0 Å². The Hall–Kier alpha value is -1.38. The van der Waals surface area contributed by atoms with E-state index in [9.17, 15) is 9.18 Å². The summed E-state index contributed by atoms with van der Waals surface area (Å²) >= 11 is 0. The van der Waals surface area contributed by atoms with Crippen molar-refractivity contribution in [1.29, 1.82) is 0 Å². The van der Waals surface area contributed by atoms with E-state index in [4.69, 9.17) is 4.74 Å². The molecule has 0 N–H and O–H groups in total. The Balaban J connectivity index is 2.10. The van der Waals surface area contributed by atoms with Crippen LogP contribution in [0.25, 0.3) is 0 Å². The summed E-state index contributed by atoms with van der Waals surface area (Å²) < 4.78 is 18.3. The van der Waals surface area contributed by atoms with Crippen LogP contribution >= 0.6 is 0 Å². The van der Waals surface area contributed by atoms with Crippen LogP contribution in [0, 0.1) is 0 Å². The fourth-order valence-electron chi connectivity index (χ4n) is 1.65. The van der Waals surface area contributed by atoms with Gasteiger partial charge in [0, 0.05) is 0 Å². The fourth-order valence-corrected chi connectivity index (χ4v) is 1.65. The predicted molar refractivity (Wildman–Crippen MR) is 70.4 cm³/mol. The molecule has 0 aliphatic heterocycles. The smallest absolute Gasteiger partial charge is 0.338 e. The number of hydrogen-bond donors (Lipinski definition) is 0. The van der Waals surface area contributed by atoms with E-state index in [-0.39, 0.29) is 5.97 Å². The minimum absolute atomic E-state index is 0.290. The van der Waals surface area contributed by atoms with Crippen LogP contribution < -0.4 is 0 Å². The normalized spacial score (nSPS) is 11.3. The minimum atomic E-state index is -1.10. The standard InChI is InChI=1S/C15H21FO2/c1-15(2,16)11-7-4-8-12-18-14(17)13-9-5-3-6-10-13/h3,5-6,9-10H,4,7-8,11-12H2,1-2H3. The molecule has 3 heteroatoms. The van der Waals surface area contributed by atoms with Gasteiger partial charge in [-0.1, -0.05) is 24.6 Å². The Labute approximate surface area is 108 Å². The molecule has 0 saturated carbocycles. The first-order chi connectivity index (χ1) is 8.49. The van der Waals surface area contributed by atoms with Gasteiger partial charge in [0.25, 0.3) is 0 Å². The lowest BCUT2D eigenvalue weighted by Gasteiger charge is -2.13. The lowest BCUT2D eigenvalue weighted by atomic mass is 10.0. The molecule has 0 aliphatic carbocycles. The molecule has 0 atom stereocenters. The number of carbonyl (C=O) groups excluding carboxylic acids is 1. The molecular formula is C15H21FO2. The van der Waals surface area contributed by atoms with E-state index in [0.29, 0.717) is 18.6 Å². The first kappa shape index (κ1) is 14.7. The molecule has 100 valence electrons. The van der Waals surface area contributed by atoms with Crippen molar-refractivity contribution in [1.82, 2.24) is 0 Å². The van der Waals surface area contributed by atoms with E-state index < -0.39 is 5.67 Å². The third-order valence-electron chi connectivity index (χ3n) is 2.66. The van der Waals surface area contributed by atoms with Crippen molar-refractivity contribution in [3.8, 4) is 0 Å². The molecule has 0 radical (unpaired) electrons. The lowest BCUT2D eigenvalue weighted by molar-refractivity contribution is 0.0496. The van der Waals surface area contributed by atoms with Crippen LogP contribution in [0.4, 0.5) is 4.39 Å². The Morgan fingerprint density at radius 1 is 1.17 bits per heavy atom. The molecule has 1 rings (SSSR count). The highest BCUT2D eigenvalue weighted by atomic mass is 19.1. The molecular weight excluding hydrogens is 231 g/mol. The van der Waals surface area contributed by atoms with Crippen molar-refractivity contribution in [2.75, 3.05) is 6.61 Å². The van der Waals surface area contributed by atoms with Crippen LogP contribution in [0.3, 0.4) is 0 Å². The Morgan fingerprint density at radius 2 is 1.83 bits per heavy atom. The van der Waals surface area contributed by atoms with Gasteiger partial charge in [-0.05, 0) is 45.2 Å². The van der Waals surface area contributed by atoms with E-state index in [1.165, 1.54) is 0 Å². The monoisotopic (exact) mass is 252 g/mol. The van der Waals surface area contributed by atoms with Gasteiger partial charge in [-0.25, -0.2) is 9.18 Å². The molecule has 0 amide bonds. The van der Waals surface area contributed by atoms with Gasteiger partial charge in [0.05, 0.1) is 12.2 Å². The number of halogens is 1. The summed E-state index contributed by atoms with van der Waals surface area (Å²) in [6.07, 6.45) is 3.05. The van der Waals surface area contributed by atoms with Crippen LogP contribution in [0.15, 0.2) is 30.3 Å². The van der Waals surface area contributed by atoms with E-state index >= 15 is 0 Å². The van der Waals surface area contributed by atoms with Gasteiger partial charge >= 0.3 is 5.97 Å². The van der Waals surface area contributed by atoms with Gasteiger partial charge < -0.3 is 4.74 Å². The van der Waals surface area contributed by atoms with Gasteiger partial charge in [0.15, 0.2) is 0 Å². The third kappa shape index (κ3) is 6.38. The van der Waals surface area contributed by atoms with E-state index in [2.05, 4.69) is 0 Å². The molecule has 0 aromatic heterocycles. The van der Waals surface area contributed by atoms with Crippen LogP contribution in [0.5, 0.6) is 0 Å². The summed E-state index contributed by atoms with van der Waals surface area (Å²) in [6, 6.07) is 8.93. The summed E-state index contributed by atoms with van der Waals surface area (Å²) in [5.74, 6) is -0.290. The topological polar surface area (TPSA) is 26.3 Å². The van der Waals surface area contributed by atoms with Gasteiger partial charge in [-0.2, -0.15) is 0 Å². The number of esters is 1. The van der Waals surface area contributed by atoms with Crippen molar-refractivity contribution in [2.45, 2.75) is 45.2 Å². The number of unbranched alkanes of at least 4 members (excludes halogenated alkanes) is 2. The number of alkyl halides is 1. The first-order valence-corrected chi connectivity index (χ1v) is 6.40. The first-order valence-electron chi connectivity index (χ1n) is 6.40. The fraction of sp³-hybridized carbons (Fsp3) is 0.533. The lowest BCUT2D eigenvalue weighted by Crippen LogP contribution is -2.11. The van der Waals surface area contributed by atoms with Gasteiger partial charge in [0.1, 0.15) is 5.67 Å². The third-order valence-corrected chi connectivity index (χ3v) is 2.66. The van der Waals surface area contributed by atoms with Crippen molar-refractivity contribution in [3.05, 3.63) is 35.9 Å². The number of rotatable bonds is 7. The SMILES string of the molecule is CC(C)(F)CCCCCOC(=O)c1ccccc1. The van der Waals surface area contributed by atoms with Crippen molar-refractivity contribution >= 4 is 5.97 Å². The quantitative estimate of drug-likeness (QED) is 0.538. The second-order valence-electron chi connectivity index (χ2n) is 5.03. The molecule has 0 saturated heterocycles. The Kier molecular flexibility index (Phi) is 5.83. The zero-order chi connectivity index (χ0) is 13.4. The molecule has 0 bridgehead atoms. The average molecular weight is 252 g/mol. The van der Waals surface area contributed by atoms with E-state index in [1.54, 1.807) is 38.1 Å². The van der Waals surface area contributed by atoms with Gasteiger partial charge in [-0.15, -0.1) is 0 Å². The Morgan fingerprint density at radius 3 is 2.44 bits per heavy atom. The van der Waals surface area contributed by atoms with Gasteiger partial charge in [0.2, 0.25) is 0 Å². The number of carbonyl (C=O) groups is 1. The molecule has 0 heterocycles. The van der Waals surface area contributed by atoms with Crippen LogP contribution in [-0.4, -0.2) is 18.2 Å². The number of benzene rings is 1. The zero-order valence-corrected chi connectivity index (χ0v) is 11.1. The molecule has 0 unspecified atom stereocenters.